The molecule has 3 nitrogen and oxygen atoms in total. The summed E-state index contributed by atoms with van der Waals surface area (Å²) in [5.74, 6) is 0.298. The van der Waals surface area contributed by atoms with Crippen LogP contribution in [0.25, 0.3) is 22.2 Å². The number of benzene rings is 1. The van der Waals surface area contributed by atoms with Gasteiger partial charge >= 0.3 is 0 Å². The second-order valence-electron chi connectivity index (χ2n) is 5.82. The van der Waals surface area contributed by atoms with Crippen molar-refractivity contribution >= 4 is 16.8 Å². The molecule has 0 aliphatic heterocycles. The molecule has 4 rings (SSSR count). The summed E-state index contributed by atoms with van der Waals surface area (Å²) < 4.78 is 15.0. The van der Waals surface area contributed by atoms with E-state index < -0.39 is 0 Å². The third-order valence-corrected chi connectivity index (χ3v) is 4.16. The van der Waals surface area contributed by atoms with Crippen LogP contribution in [-0.4, -0.2) is 15.3 Å². The van der Waals surface area contributed by atoms with Gasteiger partial charge in [0.1, 0.15) is 5.82 Å². The Morgan fingerprint density at radius 3 is 2.68 bits per heavy atom. The molecule has 1 aliphatic rings. The van der Waals surface area contributed by atoms with Gasteiger partial charge in [-0.3, -0.25) is 9.78 Å². The number of nitrogens with zero attached hydrogens (tertiary/aromatic N) is 2. The topological polar surface area (TPSA) is 34.9 Å². The molecule has 2 heterocycles. The average molecular weight is 294 g/mol. The molecule has 110 valence electrons. The van der Waals surface area contributed by atoms with Crippen LogP contribution in [0.2, 0.25) is 0 Å². The van der Waals surface area contributed by atoms with Crippen LogP contribution >= 0.6 is 0 Å². The Bertz CT molecular complexity index is 847. The van der Waals surface area contributed by atoms with Crippen LogP contribution < -0.4 is 0 Å². The van der Waals surface area contributed by atoms with Gasteiger partial charge in [-0.15, -0.1) is 0 Å². The number of hydrogen-bond acceptors (Lipinski definition) is 2. The first kappa shape index (κ1) is 13.2. The van der Waals surface area contributed by atoms with E-state index in [2.05, 4.69) is 4.98 Å². The molecule has 0 bridgehead atoms. The van der Waals surface area contributed by atoms with Gasteiger partial charge in [0.15, 0.2) is 5.78 Å². The monoisotopic (exact) mass is 294 g/mol. The van der Waals surface area contributed by atoms with E-state index in [4.69, 9.17) is 0 Å². The lowest BCUT2D eigenvalue weighted by molar-refractivity contribution is -0.120. The Kier molecular flexibility index (Phi) is 3.03. The minimum absolute atomic E-state index is 0.254. The zero-order chi connectivity index (χ0) is 15.1. The molecule has 0 N–H and O–H groups in total. The standard InChI is InChI=1S/C18H15FN2O/c19-15-5-3-12(4-6-15)14-9-17-16(20-10-14)7-8-21(17)11-18(22)13-1-2-13/h3-10,13H,1-2,11H2. The SMILES string of the molecule is O=C(Cn1ccc2ncc(-c3ccc(F)cc3)cc21)C1CC1. The number of rotatable bonds is 4. The molecular formula is C18H15FN2O. The maximum absolute atomic E-state index is 13.0. The van der Waals surface area contributed by atoms with E-state index in [0.717, 1.165) is 35.0 Å². The Morgan fingerprint density at radius 2 is 1.95 bits per heavy atom. The Morgan fingerprint density at radius 1 is 1.18 bits per heavy atom. The summed E-state index contributed by atoms with van der Waals surface area (Å²) in [6, 6.07) is 10.3. The van der Waals surface area contributed by atoms with E-state index in [1.807, 2.05) is 22.9 Å². The molecular weight excluding hydrogens is 279 g/mol. The first-order valence-electron chi connectivity index (χ1n) is 7.44. The highest BCUT2D eigenvalue weighted by atomic mass is 19.1. The quantitative estimate of drug-likeness (QED) is 0.733. The molecule has 0 radical (unpaired) electrons. The number of Topliss-reactive ketones (excluding diaryl/α,β-unsaturated/α-hetero) is 1. The summed E-state index contributed by atoms with van der Waals surface area (Å²) in [7, 11) is 0. The molecule has 0 saturated heterocycles. The highest BCUT2D eigenvalue weighted by molar-refractivity contribution is 5.86. The normalized spacial score (nSPS) is 14.4. The number of carbonyl (C=O) groups is 1. The maximum Gasteiger partial charge on any atom is 0.155 e. The van der Waals surface area contributed by atoms with Crippen molar-refractivity contribution in [2.75, 3.05) is 0 Å². The molecule has 0 atom stereocenters. The largest absolute Gasteiger partial charge is 0.339 e. The van der Waals surface area contributed by atoms with Gasteiger partial charge in [0.05, 0.1) is 17.6 Å². The van der Waals surface area contributed by atoms with Gasteiger partial charge in [-0.05, 0) is 42.7 Å². The molecule has 1 aromatic carbocycles. The lowest BCUT2D eigenvalue weighted by atomic mass is 10.1. The van der Waals surface area contributed by atoms with E-state index in [1.165, 1.54) is 12.1 Å². The number of halogens is 1. The summed E-state index contributed by atoms with van der Waals surface area (Å²) in [6.45, 7) is 0.405. The van der Waals surface area contributed by atoms with Gasteiger partial charge in [0, 0.05) is 23.9 Å². The van der Waals surface area contributed by atoms with Gasteiger partial charge in [-0.25, -0.2) is 4.39 Å². The molecule has 1 saturated carbocycles. The fourth-order valence-corrected chi connectivity index (χ4v) is 2.70. The van der Waals surface area contributed by atoms with Crippen LogP contribution in [0.3, 0.4) is 0 Å². The molecule has 1 fully saturated rings. The smallest absolute Gasteiger partial charge is 0.155 e. The molecule has 2 aromatic heterocycles. The molecule has 0 amide bonds. The highest BCUT2D eigenvalue weighted by Gasteiger charge is 2.29. The van der Waals surface area contributed by atoms with Crippen molar-refractivity contribution in [3.8, 4) is 11.1 Å². The van der Waals surface area contributed by atoms with Gasteiger partial charge in [0.2, 0.25) is 0 Å². The predicted molar refractivity (Wildman–Crippen MR) is 82.9 cm³/mol. The van der Waals surface area contributed by atoms with Crippen LogP contribution in [0.1, 0.15) is 12.8 Å². The van der Waals surface area contributed by atoms with Gasteiger partial charge in [0.25, 0.3) is 0 Å². The molecule has 4 heteroatoms. The Hall–Kier alpha value is -2.49. The fourth-order valence-electron chi connectivity index (χ4n) is 2.70. The first-order chi connectivity index (χ1) is 10.7. The molecule has 22 heavy (non-hydrogen) atoms. The lowest BCUT2D eigenvalue weighted by Gasteiger charge is -2.06. The third kappa shape index (κ3) is 2.41. The van der Waals surface area contributed by atoms with Crippen LogP contribution in [-0.2, 0) is 11.3 Å². The maximum atomic E-state index is 13.0. The minimum atomic E-state index is -0.254. The zero-order valence-corrected chi connectivity index (χ0v) is 12.0. The van der Waals surface area contributed by atoms with Gasteiger partial charge in [-0.1, -0.05) is 12.1 Å². The molecule has 0 spiro atoms. The number of carbonyl (C=O) groups excluding carboxylic acids is 1. The van der Waals surface area contributed by atoms with Crippen LogP contribution in [0.15, 0.2) is 48.8 Å². The third-order valence-electron chi connectivity index (χ3n) is 4.16. The Labute approximate surface area is 127 Å². The number of hydrogen-bond donors (Lipinski definition) is 0. The van der Waals surface area contributed by atoms with E-state index in [-0.39, 0.29) is 11.7 Å². The fraction of sp³-hybridized carbons (Fsp3) is 0.222. The van der Waals surface area contributed by atoms with Crippen LogP contribution in [0, 0.1) is 11.7 Å². The summed E-state index contributed by atoms with van der Waals surface area (Å²) >= 11 is 0. The van der Waals surface area contributed by atoms with Crippen molar-refractivity contribution in [2.45, 2.75) is 19.4 Å². The lowest BCUT2D eigenvalue weighted by Crippen LogP contribution is -2.10. The molecule has 3 aromatic rings. The molecule has 0 unspecified atom stereocenters. The van der Waals surface area contributed by atoms with Gasteiger partial charge < -0.3 is 4.57 Å². The van der Waals surface area contributed by atoms with E-state index in [0.29, 0.717) is 12.3 Å². The summed E-state index contributed by atoms with van der Waals surface area (Å²) in [4.78, 5) is 16.5. The highest BCUT2D eigenvalue weighted by Crippen LogP contribution is 2.31. The van der Waals surface area contributed by atoms with Crippen molar-refractivity contribution < 1.29 is 9.18 Å². The van der Waals surface area contributed by atoms with Crippen LogP contribution in [0.4, 0.5) is 4.39 Å². The van der Waals surface area contributed by atoms with E-state index in [9.17, 15) is 9.18 Å². The van der Waals surface area contributed by atoms with Crippen LogP contribution in [0.5, 0.6) is 0 Å². The van der Waals surface area contributed by atoms with E-state index in [1.54, 1.807) is 18.3 Å². The Balaban J connectivity index is 1.72. The summed E-state index contributed by atoms with van der Waals surface area (Å²) in [5, 5.41) is 0. The van der Waals surface area contributed by atoms with Crippen molar-refractivity contribution in [2.24, 2.45) is 5.92 Å². The number of ketones is 1. The predicted octanol–water partition coefficient (Wildman–Crippen LogP) is 3.82. The first-order valence-corrected chi connectivity index (χ1v) is 7.44. The number of fused-ring (bicyclic) bond motifs is 1. The van der Waals surface area contributed by atoms with Gasteiger partial charge in [-0.2, -0.15) is 0 Å². The second-order valence-corrected chi connectivity index (χ2v) is 5.82. The van der Waals surface area contributed by atoms with Crippen molar-refractivity contribution in [1.29, 1.82) is 0 Å². The minimum Gasteiger partial charge on any atom is -0.339 e. The van der Waals surface area contributed by atoms with Crippen molar-refractivity contribution in [3.05, 3.63) is 54.6 Å². The average Bonchev–Trinajstić information content (AvgIpc) is 3.31. The zero-order valence-electron chi connectivity index (χ0n) is 12.0. The van der Waals surface area contributed by atoms with Crippen molar-refractivity contribution in [1.82, 2.24) is 9.55 Å². The summed E-state index contributed by atoms with van der Waals surface area (Å²) in [6.07, 6.45) is 5.74. The second kappa shape index (κ2) is 5.05. The number of pyridine rings is 1. The van der Waals surface area contributed by atoms with Crippen molar-refractivity contribution in [3.63, 3.8) is 0 Å². The molecule has 1 aliphatic carbocycles. The van der Waals surface area contributed by atoms with E-state index >= 15 is 0 Å². The summed E-state index contributed by atoms with van der Waals surface area (Å²) in [5.41, 5.74) is 3.65. The number of aromatic nitrogens is 2.